The number of nitroso groups, excluding NO2 is 1. The van der Waals surface area contributed by atoms with E-state index in [4.69, 9.17) is 5.73 Å². The summed E-state index contributed by atoms with van der Waals surface area (Å²) >= 11 is 0. The number of nitrogens with zero attached hydrogens (tertiary/aromatic N) is 1. The van der Waals surface area contributed by atoms with Gasteiger partial charge >= 0.3 is 0 Å². The predicted octanol–water partition coefficient (Wildman–Crippen LogP) is 1.68. The number of rotatable bonds is 4. The summed E-state index contributed by atoms with van der Waals surface area (Å²) < 4.78 is 0. The van der Waals surface area contributed by atoms with Crippen molar-refractivity contribution in [1.29, 1.82) is 0 Å². The van der Waals surface area contributed by atoms with Gasteiger partial charge in [0.2, 0.25) is 0 Å². The molecule has 1 aliphatic rings. The first kappa shape index (κ1) is 9.39. The van der Waals surface area contributed by atoms with Crippen molar-refractivity contribution >= 4 is 0 Å². The summed E-state index contributed by atoms with van der Waals surface area (Å²) in [5, 5.41) is 2.97. The first-order valence-electron chi connectivity index (χ1n) is 4.52. The third-order valence-electron chi connectivity index (χ3n) is 2.56. The Morgan fingerprint density at radius 3 is 2.58 bits per heavy atom. The zero-order valence-corrected chi connectivity index (χ0v) is 7.28. The maximum Gasteiger partial charge on any atom is 0.0845 e. The van der Waals surface area contributed by atoms with E-state index in [1.807, 2.05) is 0 Å². The van der Waals surface area contributed by atoms with E-state index >= 15 is 0 Å². The van der Waals surface area contributed by atoms with E-state index in [1.54, 1.807) is 0 Å². The van der Waals surface area contributed by atoms with E-state index in [2.05, 4.69) is 17.3 Å². The van der Waals surface area contributed by atoms with Crippen LogP contribution in [0.25, 0.3) is 0 Å². The van der Waals surface area contributed by atoms with Gasteiger partial charge in [-0.25, -0.2) is 0 Å². The van der Waals surface area contributed by atoms with E-state index in [1.165, 1.54) is 0 Å². The fourth-order valence-electron chi connectivity index (χ4n) is 1.81. The van der Waals surface area contributed by atoms with Crippen LogP contribution in [0.5, 0.6) is 0 Å². The van der Waals surface area contributed by atoms with Crippen LogP contribution in [0.2, 0.25) is 0 Å². The Hall–Kier alpha value is -0.700. The van der Waals surface area contributed by atoms with Gasteiger partial charge in [-0.05, 0) is 37.6 Å². The lowest BCUT2D eigenvalue weighted by Gasteiger charge is -2.25. The van der Waals surface area contributed by atoms with Gasteiger partial charge in [0, 0.05) is 0 Å². The normalized spacial score (nSPS) is 28.8. The monoisotopic (exact) mass is 168 g/mol. The zero-order valence-electron chi connectivity index (χ0n) is 7.28. The quantitative estimate of drug-likeness (QED) is 0.513. The molecule has 0 heterocycles. The Bertz CT molecular complexity index is 168. The van der Waals surface area contributed by atoms with Crippen LogP contribution < -0.4 is 5.73 Å². The Morgan fingerprint density at radius 1 is 1.33 bits per heavy atom. The fourth-order valence-corrected chi connectivity index (χ4v) is 1.81. The molecule has 0 fully saturated rings. The molecule has 12 heavy (non-hydrogen) atoms. The minimum Gasteiger partial charge on any atom is -0.330 e. The molecule has 0 aromatic carbocycles. The highest BCUT2D eigenvalue weighted by Crippen LogP contribution is 2.27. The molecule has 0 aromatic rings. The SMILES string of the molecule is NCCC1CC=CCC1CN=O. The highest BCUT2D eigenvalue weighted by molar-refractivity contribution is 4.95. The molecule has 0 aliphatic heterocycles. The Labute approximate surface area is 73.0 Å². The molecule has 0 bridgehead atoms. The second kappa shape index (κ2) is 5.04. The smallest absolute Gasteiger partial charge is 0.0845 e. The maximum atomic E-state index is 10.1. The summed E-state index contributed by atoms with van der Waals surface area (Å²) in [5.74, 6) is 1.02. The van der Waals surface area contributed by atoms with Gasteiger partial charge < -0.3 is 5.73 Å². The van der Waals surface area contributed by atoms with Crippen molar-refractivity contribution < 1.29 is 0 Å². The second-order valence-corrected chi connectivity index (χ2v) is 3.35. The van der Waals surface area contributed by atoms with Gasteiger partial charge in [0.05, 0.1) is 6.54 Å². The standard InChI is InChI=1S/C9H16N2O/c10-6-5-8-3-1-2-4-9(8)7-11-12/h1-2,8-9H,3-7,10H2. The molecule has 2 N–H and O–H groups in total. The Kier molecular flexibility index (Phi) is 3.94. The average molecular weight is 168 g/mol. The summed E-state index contributed by atoms with van der Waals surface area (Å²) in [7, 11) is 0. The Morgan fingerprint density at radius 2 is 2.00 bits per heavy atom. The van der Waals surface area contributed by atoms with E-state index in [0.29, 0.717) is 24.9 Å². The maximum absolute atomic E-state index is 10.1. The van der Waals surface area contributed by atoms with Gasteiger partial charge in [0.15, 0.2) is 0 Å². The molecular weight excluding hydrogens is 152 g/mol. The lowest BCUT2D eigenvalue weighted by atomic mass is 9.81. The molecule has 0 aromatic heterocycles. The summed E-state index contributed by atoms with van der Waals surface area (Å²) in [4.78, 5) is 10.1. The van der Waals surface area contributed by atoms with E-state index < -0.39 is 0 Å². The molecule has 3 nitrogen and oxygen atoms in total. The van der Waals surface area contributed by atoms with Crippen LogP contribution in [0, 0.1) is 16.7 Å². The van der Waals surface area contributed by atoms with Crippen LogP contribution >= 0.6 is 0 Å². The van der Waals surface area contributed by atoms with Crippen LogP contribution in [0.1, 0.15) is 19.3 Å². The molecule has 2 unspecified atom stereocenters. The van der Waals surface area contributed by atoms with Gasteiger partial charge in [0.1, 0.15) is 0 Å². The number of nitrogens with two attached hydrogens (primary N) is 1. The third kappa shape index (κ3) is 2.41. The molecule has 0 spiro atoms. The number of hydrogen-bond acceptors (Lipinski definition) is 3. The van der Waals surface area contributed by atoms with Gasteiger partial charge in [-0.1, -0.05) is 17.3 Å². The Balaban J connectivity index is 2.44. The zero-order chi connectivity index (χ0) is 8.81. The molecular formula is C9H16N2O. The lowest BCUT2D eigenvalue weighted by molar-refractivity contribution is 0.315. The topological polar surface area (TPSA) is 55.4 Å². The minimum atomic E-state index is 0.441. The van der Waals surface area contributed by atoms with Crippen molar-refractivity contribution in [2.45, 2.75) is 19.3 Å². The van der Waals surface area contributed by atoms with Crippen LogP contribution in [0.15, 0.2) is 17.3 Å². The van der Waals surface area contributed by atoms with Crippen LogP contribution in [0.3, 0.4) is 0 Å². The summed E-state index contributed by atoms with van der Waals surface area (Å²) in [6.07, 6.45) is 7.41. The van der Waals surface area contributed by atoms with Crippen molar-refractivity contribution in [3.63, 3.8) is 0 Å². The van der Waals surface area contributed by atoms with Crippen molar-refractivity contribution in [2.75, 3.05) is 13.1 Å². The molecule has 0 amide bonds. The van der Waals surface area contributed by atoms with Crippen molar-refractivity contribution in [3.8, 4) is 0 Å². The third-order valence-corrected chi connectivity index (χ3v) is 2.56. The highest BCUT2D eigenvalue weighted by Gasteiger charge is 2.21. The average Bonchev–Trinajstić information content (AvgIpc) is 2.09. The molecule has 3 heteroatoms. The summed E-state index contributed by atoms with van der Waals surface area (Å²) in [5.41, 5.74) is 5.48. The van der Waals surface area contributed by atoms with Crippen LogP contribution in [-0.4, -0.2) is 13.1 Å². The van der Waals surface area contributed by atoms with Crippen LogP contribution in [0.4, 0.5) is 0 Å². The van der Waals surface area contributed by atoms with Gasteiger partial charge in [0.25, 0.3) is 0 Å². The van der Waals surface area contributed by atoms with Gasteiger partial charge in [-0.3, -0.25) is 0 Å². The first-order valence-corrected chi connectivity index (χ1v) is 4.52. The van der Waals surface area contributed by atoms with Gasteiger partial charge in [-0.2, -0.15) is 4.91 Å². The lowest BCUT2D eigenvalue weighted by Crippen LogP contribution is -2.22. The predicted molar refractivity (Wildman–Crippen MR) is 49.7 cm³/mol. The molecule has 0 saturated heterocycles. The van der Waals surface area contributed by atoms with Crippen molar-refractivity contribution in [1.82, 2.24) is 0 Å². The minimum absolute atomic E-state index is 0.441. The summed E-state index contributed by atoms with van der Waals surface area (Å²) in [6.45, 7) is 1.17. The molecule has 1 aliphatic carbocycles. The number of hydrogen-bond donors (Lipinski definition) is 1. The van der Waals surface area contributed by atoms with E-state index in [-0.39, 0.29) is 0 Å². The molecule has 2 atom stereocenters. The fraction of sp³-hybridized carbons (Fsp3) is 0.778. The molecule has 1 rings (SSSR count). The van der Waals surface area contributed by atoms with E-state index in [0.717, 1.165) is 19.3 Å². The molecule has 0 saturated carbocycles. The largest absolute Gasteiger partial charge is 0.330 e. The molecule has 68 valence electrons. The van der Waals surface area contributed by atoms with Crippen molar-refractivity contribution in [3.05, 3.63) is 17.1 Å². The molecule has 0 radical (unpaired) electrons. The van der Waals surface area contributed by atoms with Crippen molar-refractivity contribution in [2.24, 2.45) is 22.7 Å². The van der Waals surface area contributed by atoms with Gasteiger partial charge in [-0.15, -0.1) is 0 Å². The number of allylic oxidation sites excluding steroid dienone is 2. The second-order valence-electron chi connectivity index (χ2n) is 3.35. The highest BCUT2D eigenvalue weighted by atomic mass is 16.3. The summed E-state index contributed by atoms with van der Waals surface area (Å²) in [6, 6.07) is 0. The first-order chi connectivity index (χ1) is 5.88. The van der Waals surface area contributed by atoms with Crippen LogP contribution in [-0.2, 0) is 0 Å². The van der Waals surface area contributed by atoms with E-state index in [9.17, 15) is 4.91 Å².